The fourth-order valence-corrected chi connectivity index (χ4v) is 2.23. The summed E-state index contributed by atoms with van der Waals surface area (Å²) in [4.78, 5) is 11.7. The summed E-state index contributed by atoms with van der Waals surface area (Å²) < 4.78 is 1.93. The number of aromatic nitrogens is 1. The molecule has 0 N–H and O–H groups in total. The topological polar surface area (TPSA) is 22.0 Å². The third kappa shape index (κ3) is 2.50. The van der Waals surface area contributed by atoms with Crippen LogP contribution in [0.2, 0.25) is 0 Å². The van der Waals surface area contributed by atoms with Gasteiger partial charge in [0.15, 0.2) is 6.29 Å². The SMILES string of the molecule is Cc1cccc(Sn2ccc(C=O)c2)c1. The van der Waals surface area contributed by atoms with Crippen molar-refractivity contribution in [2.24, 2.45) is 0 Å². The van der Waals surface area contributed by atoms with Gasteiger partial charge >= 0.3 is 0 Å². The maximum atomic E-state index is 10.5. The van der Waals surface area contributed by atoms with Crippen molar-refractivity contribution in [3.05, 3.63) is 53.9 Å². The van der Waals surface area contributed by atoms with E-state index in [9.17, 15) is 4.79 Å². The summed E-state index contributed by atoms with van der Waals surface area (Å²) in [5, 5.41) is 0. The molecule has 0 aliphatic carbocycles. The van der Waals surface area contributed by atoms with E-state index in [1.807, 2.05) is 22.4 Å². The molecule has 76 valence electrons. The molecule has 15 heavy (non-hydrogen) atoms. The van der Waals surface area contributed by atoms with Crippen molar-refractivity contribution in [1.82, 2.24) is 3.97 Å². The van der Waals surface area contributed by atoms with E-state index in [-0.39, 0.29) is 0 Å². The number of rotatable bonds is 3. The Balaban J connectivity index is 2.18. The van der Waals surface area contributed by atoms with Gasteiger partial charge in [-0.25, -0.2) is 0 Å². The average molecular weight is 217 g/mol. The van der Waals surface area contributed by atoms with E-state index in [0.29, 0.717) is 5.56 Å². The number of carbonyl (C=O) groups excluding carboxylic acids is 1. The highest BCUT2D eigenvalue weighted by atomic mass is 32.2. The summed E-state index contributed by atoms with van der Waals surface area (Å²) in [6.45, 7) is 2.07. The molecule has 0 aliphatic rings. The molecule has 2 nitrogen and oxygen atoms in total. The summed E-state index contributed by atoms with van der Waals surface area (Å²) >= 11 is 1.60. The fourth-order valence-electron chi connectivity index (χ4n) is 1.31. The lowest BCUT2D eigenvalue weighted by atomic mass is 10.2. The number of benzene rings is 1. The van der Waals surface area contributed by atoms with Gasteiger partial charge in [0.2, 0.25) is 0 Å². The van der Waals surface area contributed by atoms with Crippen LogP contribution in [0.15, 0.2) is 47.6 Å². The van der Waals surface area contributed by atoms with Gasteiger partial charge in [-0.3, -0.25) is 8.77 Å². The Bertz CT molecular complexity index is 476. The van der Waals surface area contributed by atoms with E-state index in [1.54, 1.807) is 18.0 Å². The maximum Gasteiger partial charge on any atom is 0.151 e. The second kappa shape index (κ2) is 4.36. The second-order valence-electron chi connectivity index (χ2n) is 3.33. The molecule has 0 radical (unpaired) electrons. The van der Waals surface area contributed by atoms with Crippen LogP contribution in [0.5, 0.6) is 0 Å². The van der Waals surface area contributed by atoms with E-state index >= 15 is 0 Å². The van der Waals surface area contributed by atoms with Gasteiger partial charge in [-0.2, -0.15) is 0 Å². The van der Waals surface area contributed by atoms with E-state index < -0.39 is 0 Å². The maximum absolute atomic E-state index is 10.5. The van der Waals surface area contributed by atoms with Crippen LogP contribution in [0.25, 0.3) is 0 Å². The molecule has 0 unspecified atom stereocenters. The Morgan fingerprint density at radius 3 is 2.87 bits per heavy atom. The van der Waals surface area contributed by atoms with Gasteiger partial charge in [-0.05, 0) is 42.6 Å². The van der Waals surface area contributed by atoms with Crippen molar-refractivity contribution in [2.45, 2.75) is 11.8 Å². The first-order valence-corrected chi connectivity index (χ1v) is 5.43. The Morgan fingerprint density at radius 1 is 1.33 bits per heavy atom. The van der Waals surface area contributed by atoms with Gasteiger partial charge in [0, 0.05) is 22.9 Å². The van der Waals surface area contributed by atoms with Gasteiger partial charge < -0.3 is 0 Å². The molecule has 0 amide bonds. The highest BCUT2D eigenvalue weighted by molar-refractivity contribution is 7.97. The minimum absolute atomic E-state index is 0.704. The molecule has 2 rings (SSSR count). The smallest absolute Gasteiger partial charge is 0.151 e. The highest BCUT2D eigenvalue weighted by Gasteiger charge is 1.98. The van der Waals surface area contributed by atoms with Crippen LogP contribution in [-0.2, 0) is 0 Å². The van der Waals surface area contributed by atoms with Crippen LogP contribution in [0.4, 0.5) is 0 Å². The van der Waals surface area contributed by atoms with Crippen molar-refractivity contribution in [3.8, 4) is 0 Å². The first-order chi connectivity index (χ1) is 7.28. The minimum Gasteiger partial charge on any atom is -0.298 e. The number of aryl methyl sites for hydroxylation is 1. The number of aldehydes is 1. The fraction of sp³-hybridized carbons (Fsp3) is 0.0833. The Hall–Kier alpha value is -1.48. The normalized spacial score (nSPS) is 10.2. The van der Waals surface area contributed by atoms with Crippen molar-refractivity contribution < 1.29 is 4.79 Å². The summed E-state index contributed by atoms with van der Waals surface area (Å²) in [5.41, 5.74) is 1.94. The van der Waals surface area contributed by atoms with E-state index in [4.69, 9.17) is 0 Å². The van der Waals surface area contributed by atoms with Crippen LogP contribution in [0.3, 0.4) is 0 Å². The molecule has 3 heteroatoms. The summed E-state index contributed by atoms with van der Waals surface area (Å²) in [5.74, 6) is 0. The molecular weight excluding hydrogens is 206 g/mol. The molecule has 2 aromatic rings. The summed E-state index contributed by atoms with van der Waals surface area (Å²) in [6, 6.07) is 10.1. The van der Waals surface area contributed by atoms with Gasteiger partial charge in [-0.15, -0.1) is 0 Å². The predicted molar refractivity (Wildman–Crippen MR) is 62.3 cm³/mol. The molecule has 0 fully saturated rings. The molecule has 1 heterocycles. The van der Waals surface area contributed by atoms with Gasteiger partial charge in [-0.1, -0.05) is 12.1 Å². The quantitative estimate of drug-likeness (QED) is 0.737. The third-order valence-corrected chi connectivity index (χ3v) is 2.93. The largest absolute Gasteiger partial charge is 0.298 e. The molecule has 0 atom stereocenters. The van der Waals surface area contributed by atoms with Crippen molar-refractivity contribution >= 4 is 18.2 Å². The van der Waals surface area contributed by atoms with Crippen LogP contribution < -0.4 is 0 Å². The third-order valence-electron chi connectivity index (χ3n) is 2.03. The van der Waals surface area contributed by atoms with E-state index in [2.05, 4.69) is 25.1 Å². The highest BCUT2D eigenvalue weighted by Crippen LogP contribution is 2.21. The first kappa shape index (κ1) is 10.1. The van der Waals surface area contributed by atoms with Crippen LogP contribution in [0, 0.1) is 6.92 Å². The monoisotopic (exact) mass is 217 g/mol. The molecule has 1 aromatic carbocycles. The number of nitrogens with zero attached hydrogens (tertiary/aromatic N) is 1. The summed E-state index contributed by atoms with van der Waals surface area (Å²) in [6.07, 6.45) is 4.56. The molecule has 1 aromatic heterocycles. The Labute approximate surface area is 93.1 Å². The first-order valence-electron chi connectivity index (χ1n) is 4.66. The second-order valence-corrected chi connectivity index (χ2v) is 4.41. The molecule has 0 spiro atoms. The Morgan fingerprint density at radius 2 is 2.20 bits per heavy atom. The lowest BCUT2D eigenvalue weighted by molar-refractivity contribution is 0.112. The van der Waals surface area contributed by atoms with Gasteiger partial charge in [0.1, 0.15) is 0 Å². The van der Waals surface area contributed by atoms with Crippen LogP contribution in [-0.4, -0.2) is 10.3 Å². The van der Waals surface area contributed by atoms with E-state index in [1.165, 1.54) is 10.5 Å². The zero-order chi connectivity index (χ0) is 10.7. The van der Waals surface area contributed by atoms with E-state index in [0.717, 1.165) is 6.29 Å². The van der Waals surface area contributed by atoms with Crippen molar-refractivity contribution in [3.63, 3.8) is 0 Å². The van der Waals surface area contributed by atoms with Gasteiger partial charge in [0.05, 0.1) is 0 Å². The Kier molecular flexibility index (Phi) is 2.92. The molecule has 0 aliphatic heterocycles. The lowest BCUT2D eigenvalue weighted by Gasteiger charge is -2.02. The molecular formula is C12H11NOS. The number of carbonyl (C=O) groups is 1. The molecule has 0 bridgehead atoms. The summed E-state index contributed by atoms with van der Waals surface area (Å²) in [7, 11) is 0. The predicted octanol–water partition coefficient (Wildman–Crippen LogP) is 3.16. The van der Waals surface area contributed by atoms with Crippen molar-refractivity contribution in [2.75, 3.05) is 0 Å². The molecule has 0 saturated carbocycles. The van der Waals surface area contributed by atoms with Crippen molar-refractivity contribution in [1.29, 1.82) is 0 Å². The van der Waals surface area contributed by atoms with Crippen LogP contribution >= 0.6 is 11.9 Å². The number of hydrogen-bond acceptors (Lipinski definition) is 2. The lowest BCUT2D eigenvalue weighted by Crippen LogP contribution is -1.82. The van der Waals surface area contributed by atoms with Crippen LogP contribution in [0.1, 0.15) is 15.9 Å². The average Bonchev–Trinajstić information content (AvgIpc) is 2.65. The number of hydrogen-bond donors (Lipinski definition) is 0. The van der Waals surface area contributed by atoms with Gasteiger partial charge in [0.25, 0.3) is 0 Å². The molecule has 0 saturated heterocycles. The zero-order valence-electron chi connectivity index (χ0n) is 8.38. The minimum atomic E-state index is 0.704. The zero-order valence-corrected chi connectivity index (χ0v) is 9.20. The standard InChI is InChI=1S/C12H11NOS/c1-10-3-2-4-12(7-10)15-13-6-5-11(8-13)9-14/h2-9H,1H3.